The van der Waals surface area contributed by atoms with Crippen LogP contribution in [-0.2, 0) is 19.2 Å². The number of hydrogen-bond acceptors (Lipinski definition) is 8. The molecular formula is C16H37N5O7. The molecule has 168 valence electrons. The van der Waals surface area contributed by atoms with Crippen LogP contribution in [0.25, 0.3) is 0 Å². The molecule has 0 saturated heterocycles. The van der Waals surface area contributed by atoms with Crippen LogP contribution in [0.2, 0.25) is 0 Å². The Kier molecular flexibility index (Phi) is 23.2. The Morgan fingerprint density at radius 3 is 1.18 bits per heavy atom. The van der Waals surface area contributed by atoms with Gasteiger partial charge in [0.05, 0.1) is 12.6 Å². The van der Waals surface area contributed by atoms with Crippen molar-refractivity contribution in [2.24, 2.45) is 40.5 Å². The molecule has 0 rings (SSSR count). The van der Waals surface area contributed by atoms with E-state index in [1.807, 2.05) is 13.8 Å². The van der Waals surface area contributed by atoms with E-state index in [1.54, 1.807) is 13.8 Å². The molecule has 3 atom stereocenters. The molecule has 0 aliphatic carbocycles. The molecule has 0 aliphatic heterocycles. The van der Waals surface area contributed by atoms with Crippen LogP contribution in [-0.4, -0.2) is 63.8 Å². The number of hydrogen-bond donors (Lipinski definition) is 8. The molecule has 0 aromatic heterocycles. The van der Waals surface area contributed by atoms with Crippen molar-refractivity contribution in [1.29, 1.82) is 0 Å². The van der Waals surface area contributed by atoms with Gasteiger partial charge in [0, 0.05) is 0 Å². The molecule has 0 fully saturated rings. The number of rotatable bonds is 7. The normalized spacial score (nSPS) is 12.7. The van der Waals surface area contributed by atoms with Gasteiger partial charge in [-0.1, -0.05) is 27.7 Å². The lowest BCUT2D eigenvalue weighted by Crippen LogP contribution is -2.37. The molecule has 0 aromatic rings. The summed E-state index contributed by atoms with van der Waals surface area (Å²) in [7, 11) is 0. The first kappa shape index (κ1) is 33.3. The van der Waals surface area contributed by atoms with Gasteiger partial charge < -0.3 is 44.0 Å². The van der Waals surface area contributed by atoms with E-state index >= 15 is 0 Å². The van der Waals surface area contributed by atoms with Gasteiger partial charge in [0.2, 0.25) is 5.91 Å². The number of nitrogens with two attached hydrogens (primary N) is 5. The Morgan fingerprint density at radius 2 is 1.14 bits per heavy atom. The van der Waals surface area contributed by atoms with E-state index in [4.69, 9.17) is 38.3 Å². The van der Waals surface area contributed by atoms with Crippen LogP contribution in [0.1, 0.15) is 41.0 Å². The zero-order valence-electron chi connectivity index (χ0n) is 17.2. The number of carbonyl (C=O) groups excluding carboxylic acids is 1. The van der Waals surface area contributed by atoms with Crippen LogP contribution in [0.3, 0.4) is 0 Å². The van der Waals surface area contributed by atoms with E-state index in [0.29, 0.717) is 12.3 Å². The largest absolute Gasteiger partial charge is 0.480 e. The van der Waals surface area contributed by atoms with Crippen molar-refractivity contribution in [2.45, 2.75) is 59.2 Å². The third-order valence-electron chi connectivity index (χ3n) is 2.66. The summed E-state index contributed by atoms with van der Waals surface area (Å²) in [5.41, 5.74) is 24.8. The maximum Gasteiger partial charge on any atom is 0.320 e. The lowest BCUT2D eigenvalue weighted by molar-refractivity contribution is -0.140. The highest BCUT2D eigenvalue weighted by atomic mass is 16.4. The molecule has 12 nitrogen and oxygen atoms in total. The highest BCUT2D eigenvalue weighted by Crippen LogP contribution is 2.01. The number of aliphatic carboxylic acids is 3. The number of carboxylic acids is 3. The topological polar surface area (TPSA) is 259 Å². The molecule has 28 heavy (non-hydrogen) atoms. The van der Waals surface area contributed by atoms with E-state index < -0.39 is 41.9 Å². The quantitative estimate of drug-likeness (QED) is 0.235. The molecule has 0 saturated carbocycles. The lowest BCUT2D eigenvalue weighted by Gasteiger charge is -2.08. The second-order valence-corrected chi connectivity index (χ2v) is 6.47. The van der Waals surface area contributed by atoms with Crippen LogP contribution < -0.4 is 28.7 Å². The highest BCUT2D eigenvalue weighted by molar-refractivity contribution is 5.79. The number of amides is 1. The van der Waals surface area contributed by atoms with Crippen LogP contribution in [0.4, 0.5) is 0 Å². The summed E-state index contributed by atoms with van der Waals surface area (Å²) in [4.78, 5) is 39.2. The molecule has 0 aliphatic rings. The predicted octanol–water partition coefficient (Wildman–Crippen LogP) is -1.65. The van der Waals surface area contributed by atoms with Gasteiger partial charge in [0.25, 0.3) is 0 Å². The monoisotopic (exact) mass is 411 g/mol. The Balaban J connectivity index is -0.000000141. The van der Waals surface area contributed by atoms with Gasteiger partial charge in [0.15, 0.2) is 0 Å². The third-order valence-corrected chi connectivity index (χ3v) is 2.66. The van der Waals surface area contributed by atoms with Crippen molar-refractivity contribution in [2.75, 3.05) is 6.54 Å². The van der Waals surface area contributed by atoms with E-state index in [9.17, 15) is 19.2 Å². The highest BCUT2D eigenvalue weighted by Gasteiger charge is 2.14. The molecule has 0 spiro atoms. The summed E-state index contributed by atoms with van der Waals surface area (Å²) >= 11 is 0. The number of primary amides is 1. The summed E-state index contributed by atoms with van der Waals surface area (Å²) in [6, 6.07) is -1.91. The summed E-state index contributed by atoms with van der Waals surface area (Å²) in [6.07, 6.45) is 0.676. The van der Waals surface area contributed by atoms with Gasteiger partial charge in [-0.15, -0.1) is 0 Å². The maximum atomic E-state index is 10.3. The van der Waals surface area contributed by atoms with Crippen LogP contribution in [0, 0.1) is 11.8 Å². The number of carbonyl (C=O) groups is 4. The minimum Gasteiger partial charge on any atom is -0.480 e. The van der Waals surface area contributed by atoms with Crippen molar-refractivity contribution in [3.8, 4) is 0 Å². The fourth-order valence-corrected chi connectivity index (χ4v) is 0.909. The zero-order chi connectivity index (χ0) is 23.6. The van der Waals surface area contributed by atoms with Crippen molar-refractivity contribution >= 4 is 23.8 Å². The SMILES string of the molecule is CC(C)C[C@H](N)C(N)=O.CC(C)[C@H](N)C(=O)O.C[C@H](N)C(=O)O.NCC(=O)O. The van der Waals surface area contributed by atoms with E-state index in [0.717, 1.165) is 0 Å². The van der Waals surface area contributed by atoms with Gasteiger partial charge in [-0.2, -0.15) is 0 Å². The Hall–Kier alpha value is -2.28. The van der Waals surface area contributed by atoms with E-state index in [1.165, 1.54) is 6.92 Å². The number of carboxylic acid groups (broad SMARTS) is 3. The van der Waals surface area contributed by atoms with Gasteiger partial charge in [-0.05, 0) is 25.2 Å². The summed E-state index contributed by atoms with van der Waals surface area (Å²) in [5, 5.41) is 23.7. The summed E-state index contributed by atoms with van der Waals surface area (Å²) < 4.78 is 0. The standard InChI is InChI=1S/C6H14N2O.C5H11NO2.C3H7NO2.C2H5NO2/c1-4(2)3-5(7)6(8)9;1-3(2)4(6)5(7)8;1-2(4)3(5)6;3-1-2(4)5/h4-5H,3,7H2,1-2H3,(H2,8,9);3-4H,6H2,1-2H3,(H,7,8);2H,4H2,1H3,(H,5,6);1,3H2,(H,4,5)/t5-;4-;2-;/m000./s1. The Bertz CT molecular complexity index is 457. The molecule has 0 aromatic carbocycles. The fraction of sp³-hybridized carbons (Fsp3) is 0.750. The van der Waals surface area contributed by atoms with Crippen LogP contribution in [0.5, 0.6) is 0 Å². The van der Waals surface area contributed by atoms with Gasteiger partial charge in [-0.25, -0.2) is 0 Å². The minimum atomic E-state index is -0.968. The third kappa shape index (κ3) is 31.5. The molecule has 0 heterocycles. The lowest BCUT2D eigenvalue weighted by atomic mass is 10.0. The molecule has 13 N–H and O–H groups in total. The van der Waals surface area contributed by atoms with Gasteiger partial charge in [-0.3, -0.25) is 19.2 Å². The van der Waals surface area contributed by atoms with Crippen molar-refractivity contribution < 1.29 is 34.5 Å². The molecule has 0 unspecified atom stereocenters. The molecule has 0 radical (unpaired) electrons. The van der Waals surface area contributed by atoms with Gasteiger partial charge >= 0.3 is 17.9 Å². The van der Waals surface area contributed by atoms with E-state index in [-0.39, 0.29) is 12.5 Å². The molecule has 0 bridgehead atoms. The predicted molar refractivity (Wildman–Crippen MR) is 105 cm³/mol. The molecular weight excluding hydrogens is 374 g/mol. The first-order chi connectivity index (χ1) is 12.5. The molecule has 12 heteroatoms. The zero-order valence-corrected chi connectivity index (χ0v) is 17.2. The van der Waals surface area contributed by atoms with Crippen LogP contribution in [0.15, 0.2) is 0 Å². The van der Waals surface area contributed by atoms with Crippen LogP contribution >= 0.6 is 0 Å². The van der Waals surface area contributed by atoms with Crippen molar-refractivity contribution in [1.82, 2.24) is 0 Å². The maximum absolute atomic E-state index is 10.3. The Morgan fingerprint density at radius 1 is 0.821 bits per heavy atom. The summed E-state index contributed by atoms with van der Waals surface area (Å²) in [5.74, 6) is -2.82. The molecule has 1 amide bonds. The average Bonchev–Trinajstić information content (AvgIpc) is 2.54. The first-order valence-electron chi connectivity index (χ1n) is 8.44. The fourth-order valence-electron chi connectivity index (χ4n) is 0.909. The summed E-state index contributed by atoms with van der Waals surface area (Å²) in [6.45, 7) is 8.70. The van der Waals surface area contributed by atoms with Crippen molar-refractivity contribution in [3.63, 3.8) is 0 Å². The second-order valence-electron chi connectivity index (χ2n) is 6.47. The minimum absolute atomic E-state index is 0.0208. The average molecular weight is 412 g/mol. The van der Waals surface area contributed by atoms with Gasteiger partial charge in [0.1, 0.15) is 12.1 Å². The first-order valence-corrected chi connectivity index (χ1v) is 8.44. The van der Waals surface area contributed by atoms with Crippen molar-refractivity contribution in [3.05, 3.63) is 0 Å². The smallest absolute Gasteiger partial charge is 0.320 e. The Labute approximate surface area is 165 Å². The van der Waals surface area contributed by atoms with E-state index in [2.05, 4.69) is 5.73 Å². The second kappa shape index (κ2) is 19.5.